The highest BCUT2D eigenvalue weighted by Gasteiger charge is 2.37. The van der Waals surface area contributed by atoms with Crippen molar-refractivity contribution in [3.8, 4) is 0 Å². The minimum atomic E-state index is -0.775. The number of urea groups is 1. The number of carbonyl (C=O) groups is 2. The number of aliphatic carboxylic acids is 1. The molecule has 1 atom stereocenters. The first kappa shape index (κ1) is 14.8. The molecule has 1 heterocycles. The average Bonchev–Trinajstić information content (AvgIpc) is 2.26. The van der Waals surface area contributed by atoms with Crippen molar-refractivity contribution in [2.24, 2.45) is 11.8 Å². The molecular weight excluding hydrogens is 232 g/mol. The number of amides is 2. The molecule has 0 spiro atoms. The third-order valence-electron chi connectivity index (χ3n) is 3.70. The first-order valence-electron chi connectivity index (χ1n) is 6.70. The van der Waals surface area contributed by atoms with Gasteiger partial charge in [0, 0.05) is 32.6 Å². The fourth-order valence-electron chi connectivity index (χ4n) is 2.12. The predicted molar refractivity (Wildman–Crippen MR) is 69.4 cm³/mol. The number of hydrogen-bond donors (Lipinski definition) is 1. The van der Waals surface area contributed by atoms with E-state index in [4.69, 9.17) is 5.11 Å². The summed E-state index contributed by atoms with van der Waals surface area (Å²) in [4.78, 5) is 26.2. The van der Waals surface area contributed by atoms with Crippen molar-refractivity contribution in [1.29, 1.82) is 0 Å². The molecule has 0 aromatic carbocycles. The Morgan fingerprint density at radius 2 is 2.00 bits per heavy atom. The molecule has 0 aromatic rings. The monoisotopic (exact) mass is 256 g/mol. The Balaban J connectivity index is 2.27. The normalized spacial score (nSPS) is 17.2. The first-order chi connectivity index (χ1) is 8.47. The van der Waals surface area contributed by atoms with Crippen LogP contribution in [0.2, 0.25) is 0 Å². The van der Waals surface area contributed by atoms with Crippen LogP contribution in [0.1, 0.15) is 33.1 Å². The zero-order valence-electron chi connectivity index (χ0n) is 11.6. The van der Waals surface area contributed by atoms with Crippen molar-refractivity contribution in [3.63, 3.8) is 0 Å². The molecule has 18 heavy (non-hydrogen) atoms. The fraction of sp³-hybridized carbons (Fsp3) is 0.846. The quantitative estimate of drug-likeness (QED) is 0.738. The standard InChI is InChI=1S/C13H24N2O3/c1-4-5-6-7-14(3)13(18)15-8-11(9-15)10(2)12(16)17/h10-11H,4-9H2,1-3H3,(H,16,17). The molecule has 2 amide bonds. The van der Waals surface area contributed by atoms with Gasteiger partial charge < -0.3 is 14.9 Å². The van der Waals surface area contributed by atoms with E-state index in [1.165, 1.54) is 0 Å². The van der Waals surface area contributed by atoms with Gasteiger partial charge >= 0.3 is 12.0 Å². The number of rotatable bonds is 6. The number of carboxylic acids is 1. The van der Waals surface area contributed by atoms with Crippen LogP contribution in [-0.2, 0) is 4.79 Å². The van der Waals surface area contributed by atoms with Crippen molar-refractivity contribution in [3.05, 3.63) is 0 Å². The number of nitrogens with zero attached hydrogens (tertiary/aromatic N) is 2. The minimum absolute atomic E-state index is 0.0277. The van der Waals surface area contributed by atoms with Crippen molar-refractivity contribution >= 4 is 12.0 Å². The maximum atomic E-state index is 12.0. The summed E-state index contributed by atoms with van der Waals surface area (Å²) >= 11 is 0. The smallest absolute Gasteiger partial charge is 0.319 e. The van der Waals surface area contributed by atoms with Crippen molar-refractivity contribution in [2.75, 3.05) is 26.7 Å². The van der Waals surface area contributed by atoms with Crippen LogP contribution in [0.5, 0.6) is 0 Å². The van der Waals surface area contributed by atoms with Crippen LogP contribution in [-0.4, -0.2) is 53.6 Å². The lowest BCUT2D eigenvalue weighted by Crippen LogP contribution is -2.56. The molecule has 1 N–H and O–H groups in total. The van der Waals surface area contributed by atoms with Crippen LogP contribution < -0.4 is 0 Å². The second kappa shape index (κ2) is 6.61. The van der Waals surface area contributed by atoms with Crippen LogP contribution in [0, 0.1) is 11.8 Å². The maximum absolute atomic E-state index is 12.0. The van der Waals surface area contributed by atoms with Gasteiger partial charge in [-0.25, -0.2) is 4.79 Å². The Morgan fingerprint density at radius 1 is 1.39 bits per heavy atom. The highest BCUT2D eigenvalue weighted by atomic mass is 16.4. The van der Waals surface area contributed by atoms with Gasteiger partial charge in [0.15, 0.2) is 0 Å². The lowest BCUT2D eigenvalue weighted by Gasteiger charge is -2.42. The molecule has 1 fully saturated rings. The summed E-state index contributed by atoms with van der Waals surface area (Å²) in [5, 5.41) is 8.88. The van der Waals surface area contributed by atoms with Crippen LogP contribution in [0.25, 0.3) is 0 Å². The van der Waals surface area contributed by atoms with Gasteiger partial charge in [0.1, 0.15) is 0 Å². The summed E-state index contributed by atoms with van der Waals surface area (Å²) in [5.41, 5.74) is 0. The summed E-state index contributed by atoms with van der Waals surface area (Å²) < 4.78 is 0. The minimum Gasteiger partial charge on any atom is -0.481 e. The molecule has 1 unspecified atom stereocenters. The number of unbranched alkanes of at least 4 members (excludes halogenated alkanes) is 2. The Morgan fingerprint density at radius 3 is 2.50 bits per heavy atom. The van der Waals surface area contributed by atoms with Crippen LogP contribution >= 0.6 is 0 Å². The van der Waals surface area contributed by atoms with Crippen LogP contribution in [0.3, 0.4) is 0 Å². The topological polar surface area (TPSA) is 60.9 Å². The summed E-state index contributed by atoms with van der Waals surface area (Å²) in [7, 11) is 1.81. The van der Waals surface area contributed by atoms with E-state index >= 15 is 0 Å². The molecular formula is C13H24N2O3. The molecule has 0 aliphatic carbocycles. The molecule has 104 valence electrons. The van der Waals surface area contributed by atoms with E-state index in [2.05, 4.69) is 6.92 Å². The third-order valence-corrected chi connectivity index (χ3v) is 3.70. The highest BCUT2D eigenvalue weighted by molar-refractivity contribution is 5.76. The summed E-state index contributed by atoms with van der Waals surface area (Å²) in [6, 6.07) is 0.0277. The second-order valence-electron chi connectivity index (χ2n) is 5.20. The van der Waals surface area contributed by atoms with E-state index in [-0.39, 0.29) is 17.9 Å². The van der Waals surface area contributed by atoms with Crippen LogP contribution in [0.4, 0.5) is 4.79 Å². The fourth-order valence-corrected chi connectivity index (χ4v) is 2.12. The Bertz CT molecular complexity index is 301. The van der Waals surface area contributed by atoms with Gasteiger partial charge in [-0.1, -0.05) is 26.7 Å². The summed E-state index contributed by atoms with van der Waals surface area (Å²) in [6.07, 6.45) is 3.31. The van der Waals surface area contributed by atoms with E-state index in [9.17, 15) is 9.59 Å². The molecule has 0 bridgehead atoms. The maximum Gasteiger partial charge on any atom is 0.319 e. The van der Waals surface area contributed by atoms with E-state index in [0.717, 1.165) is 25.8 Å². The van der Waals surface area contributed by atoms with E-state index in [1.54, 1.807) is 16.7 Å². The zero-order chi connectivity index (χ0) is 13.7. The van der Waals surface area contributed by atoms with Gasteiger partial charge in [-0.3, -0.25) is 4.79 Å². The average molecular weight is 256 g/mol. The Hall–Kier alpha value is -1.26. The molecule has 0 radical (unpaired) electrons. The van der Waals surface area contributed by atoms with E-state index in [0.29, 0.717) is 13.1 Å². The van der Waals surface area contributed by atoms with Gasteiger partial charge in [-0.15, -0.1) is 0 Å². The van der Waals surface area contributed by atoms with E-state index in [1.807, 2.05) is 7.05 Å². The predicted octanol–water partition coefficient (Wildman–Crippen LogP) is 1.88. The van der Waals surface area contributed by atoms with Crippen molar-refractivity contribution < 1.29 is 14.7 Å². The van der Waals surface area contributed by atoms with Crippen molar-refractivity contribution in [1.82, 2.24) is 9.80 Å². The molecule has 1 aliphatic rings. The highest BCUT2D eigenvalue weighted by Crippen LogP contribution is 2.24. The van der Waals surface area contributed by atoms with Gasteiger partial charge in [-0.2, -0.15) is 0 Å². The van der Waals surface area contributed by atoms with Gasteiger partial charge in [0.25, 0.3) is 0 Å². The van der Waals surface area contributed by atoms with Gasteiger partial charge in [0.2, 0.25) is 0 Å². The van der Waals surface area contributed by atoms with Crippen LogP contribution in [0.15, 0.2) is 0 Å². The molecule has 0 saturated carbocycles. The molecule has 1 saturated heterocycles. The first-order valence-corrected chi connectivity index (χ1v) is 6.70. The van der Waals surface area contributed by atoms with Gasteiger partial charge in [0.05, 0.1) is 5.92 Å². The lowest BCUT2D eigenvalue weighted by atomic mass is 9.87. The molecule has 0 aromatic heterocycles. The SMILES string of the molecule is CCCCCN(C)C(=O)N1CC(C(C)C(=O)O)C1. The van der Waals surface area contributed by atoms with Crippen molar-refractivity contribution in [2.45, 2.75) is 33.1 Å². The Kier molecular flexibility index (Phi) is 5.44. The molecule has 5 heteroatoms. The zero-order valence-corrected chi connectivity index (χ0v) is 11.6. The molecule has 1 rings (SSSR count). The summed E-state index contributed by atoms with van der Waals surface area (Å²) in [6.45, 7) is 5.77. The molecule has 5 nitrogen and oxygen atoms in total. The third kappa shape index (κ3) is 3.62. The lowest BCUT2D eigenvalue weighted by molar-refractivity contribution is -0.144. The van der Waals surface area contributed by atoms with Gasteiger partial charge in [-0.05, 0) is 6.42 Å². The number of likely N-dealkylation sites (tertiary alicyclic amines) is 1. The number of hydrogen-bond acceptors (Lipinski definition) is 2. The number of carbonyl (C=O) groups excluding carboxylic acids is 1. The molecule has 1 aliphatic heterocycles. The Labute approximate surface area is 109 Å². The second-order valence-corrected chi connectivity index (χ2v) is 5.20. The van der Waals surface area contributed by atoms with E-state index < -0.39 is 5.97 Å². The number of carboxylic acid groups (broad SMARTS) is 1. The largest absolute Gasteiger partial charge is 0.481 e. The summed E-state index contributed by atoms with van der Waals surface area (Å²) in [5.74, 6) is -1.03.